The molecule has 0 saturated heterocycles. The van der Waals surface area contributed by atoms with Gasteiger partial charge in [0.25, 0.3) is 7.82 Å². The van der Waals surface area contributed by atoms with Gasteiger partial charge in [-0.3, -0.25) is 14.2 Å². The Kier molecular flexibility index (Phi) is 55.4. The van der Waals surface area contributed by atoms with Crippen LogP contribution in [0.2, 0.25) is 0 Å². The minimum absolute atomic E-state index is 0.0292. The van der Waals surface area contributed by atoms with Crippen molar-refractivity contribution in [2.45, 2.75) is 296 Å². The van der Waals surface area contributed by atoms with Crippen LogP contribution in [0.25, 0.3) is 0 Å². The number of likely N-dealkylation sites (N-methyl/N-ethyl adjacent to an activating group) is 1. The largest absolute Gasteiger partial charge is 0.756 e. The molecule has 1 N–H and O–H groups in total. The molecule has 0 aromatic heterocycles. The topological polar surface area (TPSA) is 114 Å². The highest BCUT2D eigenvalue weighted by Gasteiger charge is 2.27. The molecular formula is C68H123N2O7P. The fourth-order valence-electron chi connectivity index (χ4n) is 9.01. The van der Waals surface area contributed by atoms with Crippen molar-refractivity contribution in [3.63, 3.8) is 0 Å². The molecule has 10 heteroatoms. The average Bonchev–Trinajstić information content (AvgIpc) is 3.40. The molecule has 9 nitrogen and oxygen atoms in total. The number of nitrogens with zero attached hydrogens (tertiary/aromatic N) is 1. The number of unbranched alkanes of at least 4 members (excludes halogenated alkanes) is 30. The molecule has 0 aliphatic heterocycles. The second kappa shape index (κ2) is 57.4. The van der Waals surface area contributed by atoms with Gasteiger partial charge < -0.3 is 28.5 Å². The monoisotopic (exact) mass is 1110 g/mol. The molecule has 0 spiro atoms. The van der Waals surface area contributed by atoms with E-state index in [0.29, 0.717) is 17.4 Å². The molecule has 78 heavy (non-hydrogen) atoms. The first-order valence-corrected chi connectivity index (χ1v) is 33.9. The van der Waals surface area contributed by atoms with Crippen LogP contribution in [0.4, 0.5) is 0 Å². The van der Waals surface area contributed by atoms with E-state index in [9.17, 15) is 19.0 Å². The molecule has 0 rings (SSSR count). The van der Waals surface area contributed by atoms with Crippen molar-refractivity contribution < 1.29 is 37.3 Å². The summed E-state index contributed by atoms with van der Waals surface area (Å²) in [5.41, 5.74) is 0. The van der Waals surface area contributed by atoms with Crippen molar-refractivity contribution in [3.8, 4) is 0 Å². The smallest absolute Gasteiger partial charge is 0.306 e. The summed E-state index contributed by atoms with van der Waals surface area (Å²) in [6, 6.07) is -0.902. The Hall–Kier alpha value is -2.81. The van der Waals surface area contributed by atoms with E-state index in [2.05, 4.69) is 99.0 Å². The Morgan fingerprint density at radius 1 is 0.449 bits per heavy atom. The van der Waals surface area contributed by atoms with Crippen molar-refractivity contribution in [1.29, 1.82) is 0 Å². The molecule has 0 aliphatic carbocycles. The number of nitrogens with one attached hydrogen (secondary N) is 1. The molecule has 3 atom stereocenters. The van der Waals surface area contributed by atoms with Crippen molar-refractivity contribution in [1.82, 2.24) is 5.32 Å². The first kappa shape index (κ1) is 75.2. The van der Waals surface area contributed by atoms with E-state index in [-0.39, 0.29) is 24.9 Å². The van der Waals surface area contributed by atoms with Gasteiger partial charge in [0.15, 0.2) is 0 Å². The molecule has 0 bridgehead atoms. The second-order valence-corrected chi connectivity index (χ2v) is 24.3. The molecule has 0 fully saturated rings. The lowest BCUT2D eigenvalue weighted by Crippen LogP contribution is -2.47. The number of quaternary nitrogens is 1. The Labute approximate surface area is 482 Å². The van der Waals surface area contributed by atoms with Crippen molar-refractivity contribution in [2.24, 2.45) is 0 Å². The first-order valence-electron chi connectivity index (χ1n) is 32.4. The zero-order valence-corrected chi connectivity index (χ0v) is 52.5. The number of hydrogen-bond donors (Lipinski definition) is 1. The number of rotatable bonds is 58. The number of hydrogen-bond acceptors (Lipinski definition) is 7. The highest BCUT2D eigenvalue weighted by atomic mass is 31.2. The third-order valence-electron chi connectivity index (χ3n) is 14.0. The Bertz CT molecular complexity index is 1610. The Balaban J connectivity index is 5.23. The molecular weight excluding hydrogens is 988 g/mol. The van der Waals surface area contributed by atoms with E-state index in [1.54, 1.807) is 0 Å². The van der Waals surface area contributed by atoms with Gasteiger partial charge in [-0.15, -0.1) is 0 Å². The summed E-state index contributed by atoms with van der Waals surface area (Å²) in [7, 11) is 1.17. The number of amides is 1. The van der Waals surface area contributed by atoms with Crippen molar-refractivity contribution in [2.75, 3.05) is 40.9 Å². The lowest BCUT2D eigenvalue weighted by molar-refractivity contribution is -0.870. The Morgan fingerprint density at radius 2 is 0.782 bits per heavy atom. The predicted molar refractivity (Wildman–Crippen MR) is 335 cm³/mol. The number of allylic oxidation sites excluding steroid dienone is 13. The third-order valence-corrected chi connectivity index (χ3v) is 15.0. The van der Waals surface area contributed by atoms with Gasteiger partial charge in [-0.05, 0) is 109 Å². The lowest BCUT2D eigenvalue weighted by Gasteiger charge is -2.30. The fourth-order valence-corrected chi connectivity index (χ4v) is 9.73. The van der Waals surface area contributed by atoms with Gasteiger partial charge in [-0.25, -0.2) is 0 Å². The average molecular weight is 1110 g/mol. The van der Waals surface area contributed by atoms with E-state index < -0.39 is 26.6 Å². The number of phosphoric acid groups is 1. The molecule has 0 aromatic carbocycles. The van der Waals surface area contributed by atoms with E-state index in [4.69, 9.17) is 13.8 Å². The number of phosphoric ester groups is 1. The van der Waals surface area contributed by atoms with E-state index in [0.717, 1.165) is 109 Å². The standard InChI is InChI=1S/C68H123N2O7P/c1-7-10-13-16-19-22-25-28-30-32-33-34-35-36-37-39-40-42-45-48-51-54-57-60-67(71)69-65(64-76-78(73,74)75-63-62-70(4,5)6)66(59-56-53-50-47-44-27-24-21-18-15-12-9-3)77-68(72)61-58-55-52-49-46-43-41-38-31-29-26-23-20-17-14-11-8-2/h19-20,22-23,28-31,33-34,36-37,56,59,65-66H,7-18,21,24-27,32,35,38-55,57-58,60-64H2,1-6H3,(H-,69,71,73,74)/b22-19-,23-20-,30-28-,31-29-,34-33-,37-36-,59-56-. The van der Waals surface area contributed by atoms with Crippen LogP contribution in [-0.2, 0) is 27.9 Å². The van der Waals surface area contributed by atoms with Crippen molar-refractivity contribution >= 4 is 19.7 Å². The highest BCUT2D eigenvalue weighted by molar-refractivity contribution is 7.45. The lowest BCUT2D eigenvalue weighted by atomic mass is 10.0. The molecule has 0 heterocycles. The van der Waals surface area contributed by atoms with Crippen LogP contribution in [0, 0.1) is 0 Å². The molecule has 452 valence electrons. The van der Waals surface area contributed by atoms with Crippen LogP contribution in [0.3, 0.4) is 0 Å². The zero-order chi connectivity index (χ0) is 57.2. The van der Waals surface area contributed by atoms with Crippen LogP contribution in [0.5, 0.6) is 0 Å². The van der Waals surface area contributed by atoms with Gasteiger partial charge in [0, 0.05) is 12.8 Å². The molecule has 0 saturated carbocycles. The van der Waals surface area contributed by atoms with Gasteiger partial charge in [0.2, 0.25) is 5.91 Å². The maximum atomic E-state index is 13.6. The van der Waals surface area contributed by atoms with Crippen LogP contribution in [-0.4, -0.2) is 69.4 Å². The van der Waals surface area contributed by atoms with Gasteiger partial charge in [-0.2, -0.15) is 0 Å². The first-order chi connectivity index (χ1) is 37.9. The van der Waals surface area contributed by atoms with Gasteiger partial charge in [0.1, 0.15) is 19.3 Å². The minimum atomic E-state index is -4.71. The highest BCUT2D eigenvalue weighted by Crippen LogP contribution is 2.38. The molecule has 0 aromatic rings. The summed E-state index contributed by atoms with van der Waals surface area (Å²) in [4.78, 5) is 40.0. The summed E-state index contributed by atoms with van der Waals surface area (Å²) >= 11 is 0. The Morgan fingerprint density at radius 3 is 1.19 bits per heavy atom. The third kappa shape index (κ3) is 57.9. The summed E-state index contributed by atoms with van der Waals surface area (Å²) in [5.74, 6) is -0.561. The second-order valence-electron chi connectivity index (χ2n) is 22.9. The van der Waals surface area contributed by atoms with Crippen LogP contribution in [0.1, 0.15) is 284 Å². The molecule has 0 radical (unpaired) electrons. The number of ether oxygens (including phenoxy) is 1. The SMILES string of the molecule is CCCCC/C=C\C/C=C\C/C=C\C/C=C\CCCCCCCCCC(=O)NC(COP(=O)([O-])OCC[N+](C)(C)C)C(/C=C\CCCCCCCCCCCC)OC(=O)CCCCCCCCC/C=C\C/C=C\CCCCC. The summed E-state index contributed by atoms with van der Waals surface area (Å²) in [6.07, 6.45) is 75.4. The van der Waals surface area contributed by atoms with E-state index >= 15 is 0 Å². The van der Waals surface area contributed by atoms with Crippen molar-refractivity contribution in [3.05, 3.63) is 85.1 Å². The number of carbonyl (C=O) groups is 2. The maximum Gasteiger partial charge on any atom is 0.306 e. The summed E-state index contributed by atoms with van der Waals surface area (Å²) in [6.45, 7) is 6.78. The van der Waals surface area contributed by atoms with Crippen LogP contribution >= 0.6 is 7.82 Å². The molecule has 1 amide bonds. The van der Waals surface area contributed by atoms with Gasteiger partial charge in [0.05, 0.1) is 33.8 Å². The van der Waals surface area contributed by atoms with Gasteiger partial charge in [-0.1, -0.05) is 247 Å². The van der Waals surface area contributed by atoms with E-state index in [1.807, 2.05) is 33.3 Å². The summed E-state index contributed by atoms with van der Waals surface area (Å²) in [5, 5.41) is 3.03. The minimum Gasteiger partial charge on any atom is -0.756 e. The van der Waals surface area contributed by atoms with E-state index in [1.165, 1.54) is 141 Å². The fraction of sp³-hybridized carbons (Fsp3) is 0.765. The zero-order valence-electron chi connectivity index (χ0n) is 51.6. The van der Waals surface area contributed by atoms with Crippen LogP contribution in [0.15, 0.2) is 85.1 Å². The van der Waals surface area contributed by atoms with Crippen LogP contribution < -0.4 is 10.2 Å². The maximum absolute atomic E-state index is 13.6. The van der Waals surface area contributed by atoms with Gasteiger partial charge >= 0.3 is 5.97 Å². The quantitative estimate of drug-likeness (QED) is 0.0212. The number of carbonyl (C=O) groups excluding carboxylic acids is 2. The predicted octanol–water partition coefficient (Wildman–Crippen LogP) is 19.5. The number of esters is 1. The molecule has 3 unspecified atom stereocenters. The summed E-state index contributed by atoms with van der Waals surface area (Å²) < 4.78 is 30.3. The normalized spacial score (nSPS) is 14.2. The molecule has 0 aliphatic rings.